The number of rotatable bonds is 5. The molecule has 0 aromatic heterocycles. The molecule has 0 spiro atoms. The van der Waals surface area contributed by atoms with Crippen LogP contribution >= 0.6 is 0 Å². The Labute approximate surface area is 158 Å². The summed E-state index contributed by atoms with van der Waals surface area (Å²) in [5.41, 5.74) is 5.67. The first-order valence-electron chi connectivity index (χ1n) is 7.85. The summed E-state index contributed by atoms with van der Waals surface area (Å²) in [7, 11) is 1.37. The van der Waals surface area contributed by atoms with Gasteiger partial charge in [-0.05, 0) is 36.4 Å². The lowest BCUT2D eigenvalue weighted by molar-refractivity contribution is -0.159. The summed E-state index contributed by atoms with van der Waals surface area (Å²) in [5, 5.41) is 14.8. The molecule has 0 aliphatic heterocycles. The standard InChI is InChI=1S/C16H17F3N2O.C2H2O4/c1-21(15(11-20)16(17,18)19)12-7-9-14(10-8-12)22-13-5-3-2-4-6-13;3-1(4)2(5)6/h2-10,15H,11,20H2,1H3;(H,3,4)(H,5,6). The molecular formula is C18H19F3N2O5. The molecule has 2 rings (SSSR count). The summed E-state index contributed by atoms with van der Waals surface area (Å²) in [6.45, 7) is -0.498. The minimum absolute atomic E-state index is 0.424. The molecule has 0 fully saturated rings. The predicted molar refractivity (Wildman–Crippen MR) is 95.5 cm³/mol. The average Bonchev–Trinajstić information content (AvgIpc) is 2.63. The quantitative estimate of drug-likeness (QED) is 0.662. The molecule has 2 aromatic carbocycles. The van der Waals surface area contributed by atoms with E-state index in [0.29, 0.717) is 17.2 Å². The van der Waals surface area contributed by atoms with E-state index in [1.54, 1.807) is 36.4 Å². The minimum Gasteiger partial charge on any atom is -0.473 e. The Kier molecular flexibility index (Phi) is 8.27. The molecule has 1 atom stereocenters. The van der Waals surface area contributed by atoms with Crippen LogP contribution in [0.25, 0.3) is 0 Å². The van der Waals surface area contributed by atoms with Gasteiger partial charge in [0.15, 0.2) is 0 Å². The molecule has 0 aliphatic carbocycles. The normalized spacial score (nSPS) is 11.6. The lowest BCUT2D eigenvalue weighted by Gasteiger charge is -2.30. The zero-order valence-corrected chi connectivity index (χ0v) is 14.8. The molecule has 7 nitrogen and oxygen atoms in total. The number of carboxylic acids is 2. The van der Waals surface area contributed by atoms with Crippen molar-refractivity contribution in [1.29, 1.82) is 0 Å². The number of ether oxygens (including phenoxy) is 1. The summed E-state index contributed by atoms with van der Waals surface area (Å²) < 4.78 is 44.2. The van der Waals surface area contributed by atoms with Crippen molar-refractivity contribution < 1.29 is 37.7 Å². The predicted octanol–water partition coefficient (Wildman–Crippen LogP) is 2.96. The van der Waals surface area contributed by atoms with Crippen LogP contribution in [0.5, 0.6) is 11.5 Å². The van der Waals surface area contributed by atoms with Crippen molar-refractivity contribution in [3.63, 3.8) is 0 Å². The highest BCUT2D eigenvalue weighted by atomic mass is 19.4. The first kappa shape index (κ1) is 22.8. The van der Waals surface area contributed by atoms with E-state index in [9.17, 15) is 13.2 Å². The van der Waals surface area contributed by atoms with Gasteiger partial charge < -0.3 is 25.6 Å². The van der Waals surface area contributed by atoms with Gasteiger partial charge in [0.25, 0.3) is 0 Å². The van der Waals surface area contributed by atoms with Crippen molar-refractivity contribution in [1.82, 2.24) is 0 Å². The van der Waals surface area contributed by atoms with E-state index in [0.717, 1.165) is 4.90 Å². The van der Waals surface area contributed by atoms with E-state index >= 15 is 0 Å². The van der Waals surface area contributed by atoms with Crippen LogP contribution in [0.1, 0.15) is 0 Å². The molecule has 28 heavy (non-hydrogen) atoms. The lowest BCUT2D eigenvalue weighted by Crippen LogP contribution is -2.48. The van der Waals surface area contributed by atoms with Crippen LogP contribution in [0, 0.1) is 0 Å². The number of carbonyl (C=O) groups is 2. The number of carboxylic acid groups (broad SMARTS) is 2. The molecule has 2 aromatic rings. The Morgan fingerprint density at radius 3 is 1.86 bits per heavy atom. The maximum absolute atomic E-state index is 12.9. The maximum Gasteiger partial charge on any atom is 0.414 e. The Hall–Kier alpha value is -3.27. The van der Waals surface area contributed by atoms with Gasteiger partial charge in [-0.2, -0.15) is 13.2 Å². The number of alkyl halides is 3. The summed E-state index contributed by atoms with van der Waals surface area (Å²) in [6, 6.07) is 13.8. The number of anilines is 1. The van der Waals surface area contributed by atoms with Gasteiger partial charge in [-0.15, -0.1) is 0 Å². The molecule has 0 saturated carbocycles. The smallest absolute Gasteiger partial charge is 0.414 e. The Morgan fingerprint density at radius 1 is 1.00 bits per heavy atom. The number of para-hydroxylation sites is 1. The van der Waals surface area contributed by atoms with Crippen molar-refractivity contribution in [3.05, 3.63) is 54.6 Å². The number of nitrogens with zero attached hydrogens (tertiary/aromatic N) is 1. The van der Waals surface area contributed by atoms with E-state index in [1.165, 1.54) is 7.05 Å². The van der Waals surface area contributed by atoms with Gasteiger partial charge in [-0.3, -0.25) is 0 Å². The van der Waals surface area contributed by atoms with Crippen LogP contribution in [-0.4, -0.2) is 48.0 Å². The van der Waals surface area contributed by atoms with Crippen molar-refractivity contribution >= 4 is 17.6 Å². The number of nitrogens with two attached hydrogens (primary N) is 1. The van der Waals surface area contributed by atoms with Gasteiger partial charge >= 0.3 is 18.1 Å². The molecular weight excluding hydrogens is 381 g/mol. The SMILES string of the molecule is CN(c1ccc(Oc2ccccc2)cc1)C(CN)C(F)(F)F.O=C(O)C(=O)O. The fraction of sp³-hybridized carbons (Fsp3) is 0.222. The number of benzene rings is 2. The first-order chi connectivity index (χ1) is 13.1. The van der Waals surface area contributed by atoms with Crippen LogP contribution < -0.4 is 15.4 Å². The summed E-state index contributed by atoms with van der Waals surface area (Å²) in [6.07, 6.45) is -4.37. The molecule has 0 radical (unpaired) electrons. The van der Waals surface area contributed by atoms with Crippen molar-refractivity contribution in [2.75, 3.05) is 18.5 Å². The maximum atomic E-state index is 12.9. The second-order valence-corrected chi connectivity index (χ2v) is 5.42. The number of hydrogen-bond acceptors (Lipinski definition) is 5. The van der Waals surface area contributed by atoms with Gasteiger partial charge in [-0.1, -0.05) is 18.2 Å². The van der Waals surface area contributed by atoms with E-state index in [1.807, 2.05) is 18.2 Å². The summed E-state index contributed by atoms with van der Waals surface area (Å²) in [5.74, 6) is -2.43. The van der Waals surface area contributed by atoms with Crippen LogP contribution in [0.4, 0.5) is 18.9 Å². The Morgan fingerprint density at radius 2 is 1.46 bits per heavy atom. The number of hydrogen-bond donors (Lipinski definition) is 3. The molecule has 0 bridgehead atoms. The Bertz CT molecular complexity index is 755. The highest BCUT2D eigenvalue weighted by Gasteiger charge is 2.41. The second-order valence-electron chi connectivity index (χ2n) is 5.42. The zero-order chi connectivity index (χ0) is 21.3. The monoisotopic (exact) mass is 400 g/mol. The van der Waals surface area contributed by atoms with Crippen molar-refractivity contribution in [2.45, 2.75) is 12.2 Å². The minimum atomic E-state index is -4.37. The summed E-state index contributed by atoms with van der Waals surface area (Å²) >= 11 is 0. The number of likely N-dealkylation sites (N-methyl/N-ethyl adjacent to an activating group) is 1. The second kappa shape index (κ2) is 10.2. The van der Waals surface area contributed by atoms with Crippen molar-refractivity contribution in [2.24, 2.45) is 5.73 Å². The average molecular weight is 400 g/mol. The van der Waals surface area contributed by atoms with Gasteiger partial charge in [0.2, 0.25) is 0 Å². The van der Waals surface area contributed by atoms with Crippen LogP contribution in [-0.2, 0) is 9.59 Å². The molecule has 1 unspecified atom stereocenters. The van der Waals surface area contributed by atoms with Gasteiger partial charge in [0, 0.05) is 19.3 Å². The number of halogens is 3. The molecule has 152 valence electrons. The first-order valence-corrected chi connectivity index (χ1v) is 7.85. The fourth-order valence-electron chi connectivity index (χ4n) is 2.07. The van der Waals surface area contributed by atoms with E-state index in [2.05, 4.69) is 0 Å². The lowest BCUT2D eigenvalue weighted by atomic mass is 10.2. The topological polar surface area (TPSA) is 113 Å². The fourth-order valence-corrected chi connectivity index (χ4v) is 2.07. The van der Waals surface area contributed by atoms with Gasteiger partial charge in [0.05, 0.1) is 0 Å². The summed E-state index contributed by atoms with van der Waals surface area (Å²) in [4.78, 5) is 19.3. The Balaban J connectivity index is 0.000000568. The van der Waals surface area contributed by atoms with E-state index in [-0.39, 0.29) is 0 Å². The van der Waals surface area contributed by atoms with Gasteiger partial charge in [0.1, 0.15) is 17.5 Å². The molecule has 0 aliphatic rings. The van der Waals surface area contributed by atoms with E-state index < -0.39 is 30.7 Å². The molecule has 4 N–H and O–H groups in total. The van der Waals surface area contributed by atoms with Crippen molar-refractivity contribution in [3.8, 4) is 11.5 Å². The highest BCUT2D eigenvalue weighted by molar-refractivity contribution is 6.27. The third kappa shape index (κ3) is 7.16. The van der Waals surface area contributed by atoms with Crippen LogP contribution in [0.3, 0.4) is 0 Å². The van der Waals surface area contributed by atoms with Crippen LogP contribution in [0.2, 0.25) is 0 Å². The van der Waals surface area contributed by atoms with Crippen LogP contribution in [0.15, 0.2) is 54.6 Å². The molecule has 0 heterocycles. The number of aliphatic carboxylic acids is 2. The molecule has 0 saturated heterocycles. The zero-order valence-electron chi connectivity index (χ0n) is 14.8. The largest absolute Gasteiger partial charge is 0.473 e. The molecule has 0 amide bonds. The highest BCUT2D eigenvalue weighted by Crippen LogP contribution is 2.29. The van der Waals surface area contributed by atoms with Gasteiger partial charge in [-0.25, -0.2) is 9.59 Å². The third-order valence-electron chi connectivity index (χ3n) is 3.47. The molecule has 10 heteroatoms. The third-order valence-corrected chi connectivity index (χ3v) is 3.47. The van der Waals surface area contributed by atoms with E-state index in [4.69, 9.17) is 30.3 Å².